The second kappa shape index (κ2) is 5.37. The number of aryl methyl sites for hydroxylation is 1. The molecule has 0 aliphatic rings. The van der Waals surface area contributed by atoms with Crippen molar-refractivity contribution in [3.05, 3.63) is 63.6 Å². The first-order chi connectivity index (χ1) is 8.16. The Morgan fingerprint density at radius 3 is 2.59 bits per heavy atom. The highest BCUT2D eigenvalue weighted by Crippen LogP contribution is 2.19. The van der Waals surface area contributed by atoms with Gasteiger partial charge in [-0.25, -0.2) is 0 Å². The van der Waals surface area contributed by atoms with E-state index >= 15 is 0 Å². The number of benzene rings is 2. The van der Waals surface area contributed by atoms with Gasteiger partial charge in [-0.3, -0.25) is 0 Å². The molecular weight excluding hydrogens is 274 g/mol. The van der Waals surface area contributed by atoms with E-state index in [2.05, 4.69) is 71.5 Å². The fourth-order valence-electron chi connectivity index (χ4n) is 1.79. The van der Waals surface area contributed by atoms with Crippen molar-refractivity contribution < 1.29 is 0 Å². The molecule has 0 amide bonds. The van der Waals surface area contributed by atoms with E-state index in [1.54, 1.807) is 0 Å². The molecule has 0 aromatic heterocycles. The summed E-state index contributed by atoms with van der Waals surface area (Å²) < 4.78 is 1.12. The molecule has 0 aliphatic carbocycles. The van der Waals surface area contributed by atoms with Crippen LogP contribution in [0.5, 0.6) is 0 Å². The smallest absolute Gasteiger partial charge is 0.0401 e. The molecule has 17 heavy (non-hydrogen) atoms. The minimum atomic E-state index is 0.851. The zero-order chi connectivity index (χ0) is 12.3. The second-order valence-corrected chi connectivity index (χ2v) is 5.15. The minimum absolute atomic E-state index is 0.851. The lowest BCUT2D eigenvalue weighted by molar-refractivity contribution is 1.13. The Kier molecular flexibility index (Phi) is 3.85. The molecule has 2 aromatic carbocycles. The average Bonchev–Trinajstić information content (AvgIpc) is 2.31. The molecule has 0 radical (unpaired) electrons. The zero-order valence-corrected chi connectivity index (χ0v) is 11.7. The highest BCUT2D eigenvalue weighted by Gasteiger charge is 2.00. The van der Waals surface area contributed by atoms with Gasteiger partial charge in [-0.2, -0.15) is 0 Å². The number of hydrogen-bond acceptors (Lipinski definition) is 1. The molecule has 0 unspecified atom stereocenters. The van der Waals surface area contributed by atoms with Gasteiger partial charge in [0.1, 0.15) is 0 Å². The molecule has 2 heteroatoms. The SMILES string of the molecule is Cc1cccc(NCc2cccc(Br)c2)c1C. The normalized spacial score (nSPS) is 10.3. The molecule has 2 aromatic rings. The van der Waals surface area contributed by atoms with Crippen molar-refractivity contribution >= 4 is 21.6 Å². The van der Waals surface area contributed by atoms with Crippen LogP contribution in [0.4, 0.5) is 5.69 Å². The fraction of sp³-hybridized carbons (Fsp3) is 0.200. The van der Waals surface area contributed by atoms with Crippen LogP contribution in [0.25, 0.3) is 0 Å². The van der Waals surface area contributed by atoms with Gasteiger partial charge in [-0.05, 0) is 48.7 Å². The number of halogens is 1. The van der Waals surface area contributed by atoms with Crippen LogP contribution >= 0.6 is 15.9 Å². The van der Waals surface area contributed by atoms with Crippen LogP contribution in [0.15, 0.2) is 46.9 Å². The first-order valence-electron chi connectivity index (χ1n) is 5.71. The van der Waals surface area contributed by atoms with Crippen LogP contribution in [0.1, 0.15) is 16.7 Å². The van der Waals surface area contributed by atoms with Crippen LogP contribution in [0, 0.1) is 13.8 Å². The largest absolute Gasteiger partial charge is 0.381 e. The molecule has 0 aliphatic heterocycles. The molecule has 0 heterocycles. The zero-order valence-electron chi connectivity index (χ0n) is 10.1. The van der Waals surface area contributed by atoms with Crippen molar-refractivity contribution in [1.29, 1.82) is 0 Å². The van der Waals surface area contributed by atoms with Gasteiger partial charge in [0, 0.05) is 16.7 Å². The lowest BCUT2D eigenvalue weighted by Crippen LogP contribution is -2.01. The molecule has 0 saturated heterocycles. The summed E-state index contributed by atoms with van der Waals surface area (Å²) in [5.41, 5.74) is 5.14. The van der Waals surface area contributed by atoms with Gasteiger partial charge in [0.25, 0.3) is 0 Å². The van der Waals surface area contributed by atoms with Gasteiger partial charge in [-0.15, -0.1) is 0 Å². The minimum Gasteiger partial charge on any atom is -0.381 e. The Balaban J connectivity index is 2.10. The van der Waals surface area contributed by atoms with Gasteiger partial charge >= 0.3 is 0 Å². The van der Waals surface area contributed by atoms with Crippen LogP contribution in [0.2, 0.25) is 0 Å². The van der Waals surface area contributed by atoms with Crippen LogP contribution < -0.4 is 5.32 Å². The highest BCUT2D eigenvalue weighted by atomic mass is 79.9. The number of rotatable bonds is 3. The van der Waals surface area contributed by atoms with Crippen molar-refractivity contribution in [2.45, 2.75) is 20.4 Å². The van der Waals surface area contributed by atoms with E-state index in [1.165, 1.54) is 22.4 Å². The summed E-state index contributed by atoms with van der Waals surface area (Å²) in [5.74, 6) is 0. The molecule has 0 atom stereocenters. The lowest BCUT2D eigenvalue weighted by Gasteiger charge is -2.11. The Bertz CT molecular complexity index is 520. The molecule has 0 spiro atoms. The molecule has 0 bridgehead atoms. The van der Waals surface area contributed by atoms with E-state index in [0.29, 0.717) is 0 Å². The molecule has 1 N–H and O–H groups in total. The Labute approximate surface area is 111 Å². The quantitative estimate of drug-likeness (QED) is 0.865. The summed E-state index contributed by atoms with van der Waals surface area (Å²) in [6.45, 7) is 5.14. The third-order valence-electron chi connectivity index (χ3n) is 2.98. The molecule has 0 fully saturated rings. The number of anilines is 1. The van der Waals surface area contributed by atoms with Gasteiger partial charge in [-0.1, -0.05) is 40.2 Å². The first kappa shape index (κ1) is 12.2. The average molecular weight is 290 g/mol. The topological polar surface area (TPSA) is 12.0 Å². The summed E-state index contributed by atoms with van der Waals surface area (Å²) in [7, 11) is 0. The standard InChI is InChI=1S/C15H16BrN/c1-11-5-3-8-15(12(11)2)17-10-13-6-4-7-14(16)9-13/h3-9,17H,10H2,1-2H3. The predicted octanol–water partition coefficient (Wildman–Crippen LogP) is 4.68. The molecule has 0 saturated carbocycles. The summed E-state index contributed by atoms with van der Waals surface area (Å²) in [5, 5.41) is 3.48. The number of nitrogens with one attached hydrogen (secondary N) is 1. The van der Waals surface area contributed by atoms with Crippen molar-refractivity contribution in [2.24, 2.45) is 0 Å². The van der Waals surface area contributed by atoms with Gasteiger partial charge < -0.3 is 5.32 Å². The Hall–Kier alpha value is -1.28. The van der Waals surface area contributed by atoms with Gasteiger partial charge in [0.2, 0.25) is 0 Å². The fourth-order valence-corrected chi connectivity index (χ4v) is 2.23. The Morgan fingerprint density at radius 2 is 1.82 bits per heavy atom. The Morgan fingerprint density at radius 1 is 1.06 bits per heavy atom. The highest BCUT2D eigenvalue weighted by molar-refractivity contribution is 9.10. The van der Waals surface area contributed by atoms with E-state index in [9.17, 15) is 0 Å². The van der Waals surface area contributed by atoms with E-state index < -0.39 is 0 Å². The van der Waals surface area contributed by atoms with Crippen molar-refractivity contribution in [3.63, 3.8) is 0 Å². The molecular formula is C15H16BrN. The maximum Gasteiger partial charge on any atom is 0.0401 e. The summed E-state index contributed by atoms with van der Waals surface area (Å²) in [6.07, 6.45) is 0. The summed E-state index contributed by atoms with van der Waals surface area (Å²) in [6, 6.07) is 14.7. The van der Waals surface area contributed by atoms with Crippen molar-refractivity contribution in [3.8, 4) is 0 Å². The van der Waals surface area contributed by atoms with E-state index in [0.717, 1.165) is 11.0 Å². The molecule has 88 valence electrons. The molecule has 1 nitrogen and oxygen atoms in total. The summed E-state index contributed by atoms with van der Waals surface area (Å²) in [4.78, 5) is 0. The van der Waals surface area contributed by atoms with Crippen LogP contribution in [0.3, 0.4) is 0 Å². The van der Waals surface area contributed by atoms with Crippen molar-refractivity contribution in [1.82, 2.24) is 0 Å². The predicted molar refractivity (Wildman–Crippen MR) is 77.4 cm³/mol. The third kappa shape index (κ3) is 3.10. The maximum atomic E-state index is 3.49. The van der Waals surface area contributed by atoms with E-state index in [4.69, 9.17) is 0 Å². The third-order valence-corrected chi connectivity index (χ3v) is 3.47. The number of hydrogen-bond donors (Lipinski definition) is 1. The van der Waals surface area contributed by atoms with Crippen molar-refractivity contribution in [2.75, 3.05) is 5.32 Å². The maximum absolute atomic E-state index is 3.49. The first-order valence-corrected chi connectivity index (χ1v) is 6.50. The monoisotopic (exact) mass is 289 g/mol. The second-order valence-electron chi connectivity index (χ2n) is 4.23. The van der Waals surface area contributed by atoms with Crippen LogP contribution in [-0.2, 0) is 6.54 Å². The summed E-state index contributed by atoms with van der Waals surface area (Å²) >= 11 is 3.49. The van der Waals surface area contributed by atoms with Gasteiger partial charge in [0.05, 0.1) is 0 Å². The van der Waals surface area contributed by atoms with Crippen LogP contribution in [-0.4, -0.2) is 0 Å². The van der Waals surface area contributed by atoms with E-state index in [1.807, 2.05) is 6.07 Å². The lowest BCUT2D eigenvalue weighted by atomic mass is 10.1. The van der Waals surface area contributed by atoms with Gasteiger partial charge in [0.15, 0.2) is 0 Å². The molecule has 2 rings (SSSR count). The van der Waals surface area contributed by atoms with E-state index in [-0.39, 0.29) is 0 Å².